The fourth-order valence-corrected chi connectivity index (χ4v) is 2.02. The Bertz CT molecular complexity index is 763. The van der Waals surface area contributed by atoms with Gasteiger partial charge in [0.25, 0.3) is 5.91 Å². The molecule has 1 aromatic heterocycles. The number of esters is 1. The second-order valence-corrected chi connectivity index (χ2v) is 5.26. The van der Waals surface area contributed by atoms with Crippen LogP contribution < -0.4 is 10.9 Å². The Labute approximate surface area is 132 Å². The molecule has 2 aromatic rings. The first-order valence-electron chi connectivity index (χ1n) is 7.05. The molecule has 0 spiro atoms. The molecule has 1 heterocycles. The number of hydrogen-bond acceptors (Lipinski definition) is 5. The number of carbonyl (C=O) groups is 3. The normalized spacial score (nSPS) is 10.4. The number of rotatable bonds is 4. The van der Waals surface area contributed by atoms with Gasteiger partial charge in [0.15, 0.2) is 6.61 Å². The molecule has 7 nitrogen and oxygen atoms in total. The van der Waals surface area contributed by atoms with Crippen molar-refractivity contribution in [1.29, 1.82) is 0 Å². The highest BCUT2D eigenvalue weighted by molar-refractivity contribution is 5.88. The topological polar surface area (TPSA) is 97.6 Å². The van der Waals surface area contributed by atoms with Crippen LogP contribution in [0.3, 0.4) is 0 Å². The molecule has 0 radical (unpaired) electrons. The van der Waals surface area contributed by atoms with E-state index >= 15 is 0 Å². The minimum atomic E-state index is -0.614. The zero-order chi connectivity index (χ0) is 17.0. The second-order valence-electron chi connectivity index (χ2n) is 5.26. The molecule has 0 fully saturated rings. The molecular formula is C16H18N2O5. The average molecular weight is 318 g/mol. The van der Waals surface area contributed by atoms with E-state index in [1.165, 1.54) is 13.2 Å². The Morgan fingerprint density at radius 3 is 2.52 bits per heavy atom. The molecule has 0 aliphatic heterocycles. The molecule has 0 atom stereocenters. The maximum atomic E-state index is 11.8. The number of fused-ring (bicyclic) bond motifs is 1. The van der Waals surface area contributed by atoms with Crippen molar-refractivity contribution in [2.75, 3.05) is 6.61 Å². The van der Waals surface area contributed by atoms with Gasteiger partial charge in [-0.15, -0.1) is 0 Å². The van der Waals surface area contributed by atoms with Gasteiger partial charge in [0.1, 0.15) is 5.58 Å². The van der Waals surface area contributed by atoms with E-state index in [0.29, 0.717) is 11.1 Å². The number of amides is 2. The first-order valence-corrected chi connectivity index (χ1v) is 7.05. The van der Waals surface area contributed by atoms with Gasteiger partial charge in [-0.05, 0) is 37.1 Å². The lowest BCUT2D eigenvalue weighted by atomic mass is 10.0. The number of aryl methyl sites for hydroxylation is 2. The summed E-state index contributed by atoms with van der Waals surface area (Å²) in [6.07, 6.45) is 1.52. The lowest BCUT2D eigenvalue weighted by Crippen LogP contribution is -2.42. The number of hydrogen-bond donors (Lipinski definition) is 2. The fourth-order valence-electron chi connectivity index (χ4n) is 2.02. The van der Waals surface area contributed by atoms with E-state index < -0.39 is 24.4 Å². The monoisotopic (exact) mass is 318 g/mol. The van der Waals surface area contributed by atoms with Gasteiger partial charge >= 0.3 is 5.97 Å². The zero-order valence-corrected chi connectivity index (χ0v) is 13.2. The summed E-state index contributed by atoms with van der Waals surface area (Å²) in [6, 6.07) is 3.88. The molecule has 2 N–H and O–H groups in total. The van der Waals surface area contributed by atoms with Crippen LogP contribution >= 0.6 is 0 Å². The smallest absolute Gasteiger partial charge is 0.310 e. The molecule has 1 aromatic carbocycles. The third-order valence-electron chi connectivity index (χ3n) is 3.35. The summed E-state index contributed by atoms with van der Waals surface area (Å²) in [6.45, 7) is 4.75. The van der Waals surface area contributed by atoms with Crippen molar-refractivity contribution < 1.29 is 23.5 Å². The summed E-state index contributed by atoms with van der Waals surface area (Å²) in [4.78, 5) is 33.8. The van der Waals surface area contributed by atoms with Crippen LogP contribution in [0, 0.1) is 13.8 Å². The number of furan rings is 1. The van der Waals surface area contributed by atoms with Crippen molar-refractivity contribution in [3.63, 3.8) is 0 Å². The van der Waals surface area contributed by atoms with Crippen molar-refractivity contribution in [1.82, 2.24) is 10.9 Å². The quantitative estimate of drug-likeness (QED) is 0.654. The fraction of sp³-hybridized carbons (Fsp3) is 0.312. The molecule has 0 saturated heterocycles. The van der Waals surface area contributed by atoms with Crippen molar-refractivity contribution in [3.05, 3.63) is 35.1 Å². The predicted octanol–water partition coefficient (Wildman–Crippen LogP) is 1.30. The summed E-state index contributed by atoms with van der Waals surface area (Å²) in [7, 11) is 0. The van der Waals surface area contributed by atoms with Crippen molar-refractivity contribution in [2.45, 2.75) is 27.2 Å². The maximum absolute atomic E-state index is 11.8. The predicted molar refractivity (Wildman–Crippen MR) is 82.3 cm³/mol. The SMILES string of the molecule is CC(=O)NNC(=O)COC(=O)Cc1coc2cc(C)c(C)cc12. The van der Waals surface area contributed by atoms with E-state index in [-0.39, 0.29) is 6.42 Å². The molecule has 2 amide bonds. The lowest BCUT2D eigenvalue weighted by molar-refractivity contribution is -0.148. The van der Waals surface area contributed by atoms with Gasteiger partial charge in [-0.2, -0.15) is 0 Å². The van der Waals surface area contributed by atoms with Crippen LogP contribution in [0.4, 0.5) is 0 Å². The van der Waals surface area contributed by atoms with Crippen LogP contribution in [0.5, 0.6) is 0 Å². The largest absolute Gasteiger partial charge is 0.464 e. The standard InChI is InChI=1S/C16H18N2O5/c1-9-4-13-12(7-22-14(13)5-10(9)2)6-16(21)23-8-15(20)18-17-11(3)19/h4-5,7H,6,8H2,1-3H3,(H,17,19)(H,18,20). The summed E-state index contributed by atoms with van der Waals surface area (Å²) < 4.78 is 10.3. The Morgan fingerprint density at radius 2 is 1.83 bits per heavy atom. The highest BCUT2D eigenvalue weighted by Crippen LogP contribution is 2.25. The molecule has 0 unspecified atom stereocenters. The molecule has 7 heteroatoms. The van der Waals surface area contributed by atoms with Gasteiger partial charge in [-0.1, -0.05) is 0 Å². The van der Waals surface area contributed by atoms with Gasteiger partial charge in [0.05, 0.1) is 12.7 Å². The summed E-state index contributed by atoms with van der Waals surface area (Å²) in [5, 5.41) is 0.854. The summed E-state index contributed by atoms with van der Waals surface area (Å²) >= 11 is 0. The number of nitrogens with one attached hydrogen (secondary N) is 2. The lowest BCUT2D eigenvalue weighted by Gasteiger charge is -2.06. The van der Waals surface area contributed by atoms with E-state index in [4.69, 9.17) is 9.15 Å². The van der Waals surface area contributed by atoms with Crippen LogP contribution in [0.25, 0.3) is 11.0 Å². The van der Waals surface area contributed by atoms with Gasteiger partial charge < -0.3 is 9.15 Å². The number of ether oxygens (including phenoxy) is 1. The van der Waals surface area contributed by atoms with Gasteiger partial charge in [-0.25, -0.2) is 0 Å². The second kappa shape index (κ2) is 6.95. The van der Waals surface area contributed by atoms with Crippen LogP contribution in [-0.4, -0.2) is 24.4 Å². The summed E-state index contributed by atoms with van der Waals surface area (Å²) in [5.74, 6) is -1.58. The van der Waals surface area contributed by atoms with Gasteiger partial charge in [0, 0.05) is 17.9 Å². The molecule has 0 bridgehead atoms. The van der Waals surface area contributed by atoms with E-state index in [2.05, 4.69) is 10.9 Å². The van der Waals surface area contributed by atoms with Crippen molar-refractivity contribution in [2.24, 2.45) is 0 Å². The van der Waals surface area contributed by atoms with Crippen molar-refractivity contribution in [3.8, 4) is 0 Å². The third-order valence-corrected chi connectivity index (χ3v) is 3.35. The van der Waals surface area contributed by atoms with Crippen LogP contribution in [-0.2, 0) is 25.5 Å². The van der Waals surface area contributed by atoms with Crippen LogP contribution in [0.2, 0.25) is 0 Å². The number of benzene rings is 1. The molecule has 122 valence electrons. The Balaban J connectivity index is 1.94. The molecule has 23 heavy (non-hydrogen) atoms. The Hall–Kier alpha value is -2.83. The third kappa shape index (κ3) is 4.32. The number of hydrazine groups is 1. The minimum Gasteiger partial charge on any atom is -0.464 e. The molecule has 0 aliphatic carbocycles. The summed E-state index contributed by atoms with van der Waals surface area (Å²) in [5.41, 5.74) is 7.83. The van der Waals surface area contributed by atoms with Crippen LogP contribution in [0.1, 0.15) is 23.6 Å². The van der Waals surface area contributed by atoms with Crippen LogP contribution in [0.15, 0.2) is 22.8 Å². The average Bonchev–Trinajstić information content (AvgIpc) is 2.85. The van der Waals surface area contributed by atoms with Crippen molar-refractivity contribution >= 4 is 28.8 Å². The molecule has 0 aliphatic rings. The van der Waals surface area contributed by atoms with Gasteiger partial charge in [-0.3, -0.25) is 25.2 Å². The molecular weight excluding hydrogens is 300 g/mol. The Kier molecular flexibility index (Phi) is 5.00. The highest BCUT2D eigenvalue weighted by Gasteiger charge is 2.14. The van der Waals surface area contributed by atoms with Gasteiger partial charge in [0.2, 0.25) is 5.91 Å². The van der Waals surface area contributed by atoms with E-state index in [1.807, 2.05) is 26.0 Å². The zero-order valence-electron chi connectivity index (χ0n) is 13.2. The van der Waals surface area contributed by atoms with E-state index in [1.54, 1.807) is 0 Å². The Morgan fingerprint density at radius 1 is 1.13 bits per heavy atom. The number of carbonyl (C=O) groups excluding carboxylic acids is 3. The first-order chi connectivity index (χ1) is 10.9. The first kappa shape index (κ1) is 16.5. The maximum Gasteiger partial charge on any atom is 0.310 e. The van der Waals surface area contributed by atoms with E-state index in [9.17, 15) is 14.4 Å². The highest BCUT2D eigenvalue weighted by atomic mass is 16.5. The molecule has 0 saturated carbocycles. The minimum absolute atomic E-state index is 0.00289. The molecule has 2 rings (SSSR count). The van der Waals surface area contributed by atoms with E-state index in [0.717, 1.165) is 16.5 Å².